The highest BCUT2D eigenvalue weighted by Crippen LogP contribution is 2.28. The number of nitrogens with zero attached hydrogens (tertiary/aromatic N) is 1. The molecule has 0 bridgehead atoms. The third kappa shape index (κ3) is 5.49. The average Bonchev–Trinajstić information content (AvgIpc) is 2.69. The number of esters is 1. The van der Waals surface area contributed by atoms with Crippen LogP contribution in [-0.2, 0) is 16.1 Å². The lowest BCUT2D eigenvalue weighted by molar-refractivity contribution is -0.139. The summed E-state index contributed by atoms with van der Waals surface area (Å²) >= 11 is 0. The zero-order valence-electron chi connectivity index (χ0n) is 17.0. The van der Waals surface area contributed by atoms with Gasteiger partial charge in [-0.3, -0.25) is 4.79 Å². The van der Waals surface area contributed by atoms with E-state index in [1.165, 1.54) is 20.3 Å². The van der Waals surface area contributed by atoms with Crippen molar-refractivity contribution >= 4 is 11.9 Å². The molecule has 2 rings (SSSR count). The van der Waals surface area contributed by atoms with Crippen LogP contribution in [0.15, 0.2) is 48.5 Å². The first-order valence-electron chi connectivity index (χ1n) is 9.00. The Morgan fingerprint density at radius 2 is 1.64 bits per heavy atom. The lowest BCUT2D eigenvalue weighted by Gasteiger charge is -2.36. The molecule has 6 heteroatoms. The first-order valence-corrected chi connectivity index (χ1v) is 9.00. The molecule has 0 N–H and O–H groups in total. The van der Waals surface area contributed by atoms with Crippen LogP contribution in [0.3, 0.4) is 0 Å². The maximum Gasteiger partial charge on any atom is 0.337 e. The highest BCUT2D eigenvalue weighted by molar-refractivity contribution is 5.90. The number of hydrogen-bond donors (Lipinski definition) is 0. The maximum absolute atomic E-state index is 12.9. The molecule has 0 saturated heterocycles. The van der Waals surface area contributed by atoms with Gasteiger partial charge in [-0.15, -0.1) is 0 Å². The minimum atomic E-state index is -0.470. The van der Waals surface area contributed by atoms with Crippen molar-refractivity contribution in [2.45, 2.75) is 32.9 Å². The standard InChI is InChI=1S/C22H27NO5/c1-22(2,3)23(14-16-9-7-6-8-10-16)20(24)15-28-18-12-11-17(21(25)27-5)13-19(18)26-4/h6-13H,14-15H2,1-5H3. The second-order valence-corrected chi connectivity index (χ2v) is 7.28. The molecule has 0 radical (unpaired) electrons. The Bertz CT molecular complexity index is 811. The van der Waals surface area contributed by atoms with E-state index in [1.807, 2.05) is 51.1 Å². The van der Waals surface area contributed by atoms with E-state index in [9.17, 15) is 9.59 Å². The number of amides is 1. The van der Waals surface area contributed by atoms with E-state index < -0.39 is 5.97 Å². The number of methoxy groups -OCH3 is 2. The van der Waals surface area contributed by atoms with E-state index in [0.29, 0.717) is 23.6 Å². The fourth-order valence-corrected chi connectivity index (χ4v) is 2.71. The Hall–Kier alpha value is -3.02. The van der Waals surface area contributed by atoms with Crippen molar-refractivity contribution < 1.29 is 23.8 Å². The Kier molecular flexibility index (Phi) is 7.04. The van der Waals surface area contributed by atoms with Crippen LogP contribution in [-0.4, -0.2) is 43.1 Å². The van der Waals surface area contributed by atoms with Crippen LogP contribution < -0.4 is 9.47 Å². The number of carbonyl (C=O) groups excluding carboxylic acids is 2. The van der Waals surface area contributed by atoms with Crippen molar-refractivity contribution in [2.24, 2.45) is 0 Å². The van der Waals surface area contributed by atoms with Crippen molar-refractivity contribution in [3.8, 4) is 11.5 Å². The van der Waals surface area contributed by atoms with Crippen molar-refractivity contribution in [2.75, 3.05) is 20.8 Å². The summed E-state index contributed by atoms with van der Waals surface area (Å²) in [6, 6.07) is 14.5. The monoisotopic (exact) mass is 385 g/mol. The fourth-order valence-electron chi connectivity index (χ4n) is 2.71. The second kappa shape index (κ2) is 9.26. The molecule has 28 heavy (non-hydrogen) atoms. The van der Waals surface area contributed by atoms with Crippen molar-refractivity contribution in [3.63, 3.8) is 0 Å². The molecule has 0 saturated carbocycles. The molecule has 0 aromatic heterocycles. The molecule has 0 fully saturated rings. The van der Waals surface area contributed by atoms with Gasteiger partial charge in [0.1, 0.15) is 0 Å². The summed E-state index contributed by atoms with van der Waals surface area (Å²) < 4.78 is 15.7. The maximum atomic E-state index is 12.9. The molecule has 2 aromatic carbocycles. The van der Waals surface area contributed by atoms with E-state index in [0.717, 1.165) is 5.56 Å². The molecule has 0 aliphatic carbocycles. The smallest absolute Gasteiger partial charge is 0.337 e. The van der Waals surface area contributed by atoms with Crippen molar-refractivity contribution in [1.82, 2.24) is 4.90 Å². The molecule has 0 unspecified atom stereocenters. The van der Waals surface area contributed by atoms with Crippen LogP contribution in [0, 0.1) is 0 Å². The van der Waals surface area contributed by atoms with Crippen LogP contribution in [0.4, 0.5) is 0 Å². The fraction of sp³-hybridized carbons (Fsp3) is 0.364. The summed E-state index contributed by atoms with van der Waals surface area (Å²) in [7, 11) is 2.79. The van der Waals surface area contributed by atoms with Crippen LogP contribution >= 0.6 is 0 Å². The highest BCUT2D eigenvalue weighted by atomic mass is 16.5. The van der Waals surface area contributed by atoms with Crippen LogP contribution in [0.1, 0.15) is 36.7 Å². The van der Waals surface area contributed by atoms with Gasteiger partial charge in [-0.1, -0.05) is 30.3 Å². The molecule has 0 spiro atoms. The van der Waals surface area contributed by atoms with E-state index in [-0.39, 0.29) is 18.1 Å². The zero-order valence-corrected chi connectivity index (χ0v) is 17.0. The molecule has 0 atom stereocenters. The molecule has 1 amide bonds. The van der Waals surface area contributed by atoms with E-state index in [4.69, 9.17) is 14.2 Å². The topological polar surface area (TPSA) is 65.1 Å². The summed E-state index contributed by atoms with van der Waals surface area (Å²) in [4.78, 5) is 26.3. The SMILES string of the molecule is COC(=O)c1ccc(OCC(=O)N(Cc2ccccc2)C(C)(C)C)c(OC)c1. The van der Waals surface area contributed by atoms with Gasteiger partial charge < -0.3 is 19.1 Å². The Balaban J connectivity index is 2.12. The van der Waals surface area contributed by atoms with E-state index in [1.54, 1.807) is 17.0 Å². The quantitative estimate of drug-likeness (QED) is 0.680. The van der Waals surface area contributed by atoms with Gasteiger partial charge in [0.05, 0.1) is 19.8 Å². The molecule has 6 nitrogen and oxygen atoms in total. The average molecular weight is 385 g/mol. The third-order valence-corrected chi connectivity index (χ3v) is 4.23. The van der Waals surface area contributed by atoms with Gasteiger partial charge in [-0.25, -0.2) is 4.79 Å². The zero-order chi connectivity index (χ0) is 20.7. The van der Waals surface area contributed by atoms with Gasteiger partial charge in [-0.2, -0.15) is 0 Å². The minimum Gasteiger partial charge on any atom is -0.493 e. The molecule has 0 aliphatic heterocycles. The lowest BCUT2D eigenvalue weighted by atomic mass is 10.0. The van der Waals surface area contributed by atoms with Gasteiger partial charge in [0.25, 0.3) is 5.91 Å². The summed E-state index contributed by atoms with van der Waals surface area (Å²) in [5, 5.41) is 0. The molecular formula is C22H27NO5. The predicted molar refractivity (Wildman–Crippen MR) is 107 cm³/mol. The third-order valence-electron chi connectivity index (χ3n) is 4.23. The largest absolute Gasteiger partial charge is 0.493 e. The summed E-state index contributed by atoms with van der Waals surface area (Å²) in [5.41, 5.74) is 1.03. The highest BCUT2D eigenvalue weighted by Gasteiger charge is 2.27. The summed E-state index contributed by atoms with van der Waals surface area (Å²) in [5.74, 6) is 0.135. The van der Waals surface area contributed by atoms with Gasteiger partial charge in [0.2, 0.25) is 0 Å². The predicted octanol–water partition coefficient (Wildman–Crippen LogP) is 3.69. The van der Waals surface area contributed by atoms with Gasteiger partial charge in [0, 0.05) is 12.1 Å². The van der Waals surface area contributed by atoms with E-state index in [2.05, 4.69) is 0 Å². The first-order chi connectivity index (χ1) is 13.3. The van der Waals surface area contributed by atoms with Gasteiger partial charge >= 0.3 is 5.97 Å². The van der Waals surface area contributed by atoms with Crippen LogP contribution in [0.5, 0.6) is 11.5 Å². The normalized spacial score (nSPS) is 10.9. The van der Waals surface area contributed by atoms with Crippen LogP contribution in [0.2, 0.25) is 0 Å². The summed E-state index contributed by atoms with van der Waals surface area (Å²) in [6.07, 6.45) is 0. The van der Waals surface area contributed by atoms with Crippen molar-refractivity contribution in [1.29, 1.82) is 0 Å². The van der Waals surface area contributed by atoms with Crippen molar-refractivity contribution in [3.05, 3.63) is 59.7 Å². The lowest BCUT2D eigenvalue weighted by Crippen LogP contribution is -2.47. The molecule has 150 valence electrons. The molecule has 2 aromatic rings. The van der Waals surface area contributed by atoms with Gasteiger partial charge in [0.15, 0.2) is 18.1 Å². The number of benzene rings is 2. The van der Waals surface area contributed by atoms with Crippen LogP contribution in [0.25, 0.3) is 0 Å². The number of hydrogen-bond acceptors (Lipinski definition) is 5. The van der Waals surface area contributed by atoms with Gasteiger partial charge in [-0.05, 0) is 44.5 Å². The van der Waals surface area contributed by atoms with E-state index >= 15 is 0 Å². The minimum absolute atomic E-state index is 0.141. The molecule has 0 aliphatic rings. The second-order valence-electron chi connectivity index (χ2n) is 7.28. The Morgan fingerprint density at radius 1 is 0.964 bits per heavy atom. The first kappa shape index (κ1) is 21.3. The Morgan fingerprint density at radius 3 is 2.21 bits per heavy atom. The summed E-state index contributed by atoms with van der Waals surface area (Å²) in [6.45, 7) is 6.31. The molecular weight excluding hydrogens is 358 g/mol. The molecule has 0 heterocycles. The Labute approximate surface area is 166 Å². The number of carbonyl (C=O) groups is 2. The number of ether oxygens (including phenoxy) is 3. The number of rotatable bonds is 7.